The predicted octanol–water partition coefficient (Wildman–Crippen LogP) is 3.14. The molecule has 0 aromatic heterocycles. The van der Waals surface area contributed by atoms with Gasteiger partial charge in [-0.25, -0.2) is 0 Å². The summed E-state index contributed by atoms with van der Waals surface area (Å²) >= 11 is 3.43. The topological polar surface area (TPSA) is 9.23 Å². The maximum absolute atomic E-state index is 5.32. The summed E-state index contributed by atoms with van der Waals surface area (Å²) in [5, 5.41) is 1.08. The highest BCUT2D eigenvalue weighted by Crippen LogP contribution is 2.22. The van der Waals surface area contributed by atoms with E-state index in [4.69, 9.17) is 4.74 Å². The van der Waals surface area contributed by atoms with Crippen LogP contribution in [0.15, 0.2) is 11.6 Å². The molecule has 0 unspecified atom stereocenters. The molecule has 1 rings (SSSR count). The first kappa shape index (κ1) is 10.3. The van der Waals surface area contributed by atoms with E-state index in [1.165, 1.54) is 12.8 Å². The Hall–Kier alpha value is 0.180. The summed E-state index contributed by atoms with van der Waals surface area (Å²) in [5.41, 5.74) is 1.55. The molecule has 0 aromatic carbocycles. The highest BCUT2D eigenvalue weighted by atomic mass is 79.9. The molecule has 0 radical (unpaired) electrons. The van der Waals surface area contributed by atoms with Crippen LogP contribution in [0.5, 0.6) is 0 Å². The third-order valence-corrected chi connectivity index (χ3v) is 2.90. The molecule has 0 N–H and O–H groups in total. The van der Waals surface area contributed by atoms with Gasteiger partial charge in [-0.3, -0.25) is 0 Å². The third-order valence-electron chi connectivity index (χ3n) is 2.44. The van der Waals surface area contributed by atoms with Crippen LogP contribution in [0, 0.1) is 5.92 Å². The van der Waals surface area contributed by atoms with Crippen LogP contribution in [-0.4, -0.2) is 18.5 Å². The molecule has 1 saturated heterocycles. The van der Waals surface area contributed by atoms with Crippen molar-refractivity contribution < 1.29 is 4.74 Å². The fourth-order valence-corrected chi connectivity index (χ4v) is 1.83. The van der Waals surface area contributed by atoms with Gasteiger partial charge in [0.25, 0.3) is 0 Å². The first-order valence-electron chi connectivity index (χ1n) is 4.65. The van der Waals surface area contributed by atoms with Crippen molar-refractivity contribution in [3.63, 3.8) is 0 Å². The van der Waals surface area contributed by atoms with Gasteiger partial charge in [-0.2, -0.15) is 0 Å². The Morgan fingerprint density at radius 1 is 1.50 bits per heavy atom. The lowest BCUT2D eigenvalue weighted by Crippen LogP contribution is -2.16. The van der Waals surface area contributed by atoms with Gasteiger partial charge >= 0.3 is 0 Å². The largest absolute Gasteiger partial charge is 0.381 e. The molecule has 0 saturated carbocycles. The molecule has 1 fully saturated rings. The quantitative estimate of drug-likeness (QED) is 0.537. The number of alkyl halides is 1. The zero-order valence-corrected chi connectivity index (χ0v) is 9.27. The number of allylic oxidation sites excluding steroid dienone is 2. The van der Waals surface area contributed by atoms with Crippen LogP contribution in [0.4, 0.5) is 0 Å². The van der Waals surface area contributed by atoms with Gasteiger partial charge in [0, 0.05) is 18.5 Å². The van der Waals surface area contributed by atoms with Crippen molar-refractivity contribution in [1.29, 1.82) is 0 Å². The van der Waals surface area contributed by atoms with Crippen LogP contribution in [0.1, 0.15) is 26.2 Å². The van der Waals surface area contributed by atoms with Crippen molar-refractivity contribution >= 4 is 15.9 Å². The summed E-state index contributed by atoms with van der Waals surface area (Å²) in [4.78, 5) is 0. The first-order chi connectivity index (χ1) is 5.84. The normalized spacial score (nSPS) is 21.3. The monoisotopic (exact) mass is 232 g/mol. The summed E-state index contributed by atoms with van der Waals surface area (Å²) < 4.78 is 5.32. The van der Waals surface area contributed by atoms with E-state index in [-0.39, 0.29) is 0 Å². The fourth-order valence-electron chi connectivity index (χ4n) is 1.60. The average Bonchev–Trinajstić information content (AvgIpc) is 2.15. The summed E-state index contributed by atoms with van der Waals surface area (Å²) in [6.45, 7) is 4.15. The van der Waals surface area contributed by atoms with Crippen molar-refractivity contribution in [1.82, 2.24) is 0 Å². The van der Waals surface area contributed by atoms with E-state index in [0.29, 0.717) is 0 Å². The van der Waals surface area contributed by atoms with E-state index in [9.17, 15) is 0 Å². The van der Waals surface area contributed by atoms with Gasteiger partial charge in [-0.05, 0) is 32.1 Å². The lowest BCUT2D eigenvalue weighted by molar-refractivity contribution is 0.0757. The lowest BCUT2D eigenvalue weighted by atomic mass is 9.92. The van der Waals surface area contributed by atoms with Crippen LogP contribution < -0.4 is 0 Å². The molecule has 1 aliphatic heterocycles. The molecule has 0 aliphatic carbocycles. The zero-order valence-electron chi connectivity index (χ0n) is 7.68. The minimum Gasteiger partial charge on any atom is -0.381 e. The molecular formula is C10H17BrO. The molecule has 2 heteroatoms. The Morgan fingerprint density at radius 3 is 2.75 bits per heavy atom. The Balaban J connectivity index is 2.33. The maximum Gasteiger partial charge on any atom is 0.0471 e. The number of hydrogen-bond donors (Lipinski definition) is 0. The second-order valence-electron chi connectivity index (χ2n) is 3.31. The highest BCUT2D eigenvalue weighted by Gasteiger charge is 2.14. The molecular weight excluding hydrogens is 216 g/mol. The fraction of sp³-hybridized carbons (Fsp3) is 0.800. The van der Waals surface area contributed by atoms with E-state index in [1.807, 2.05) is 0 Å². The van der Waals surface area contributed by atoms with Gasteiger partial charge in [0.2, 0.25) is 0 Å². The van der Waals surface area contributed by atoms with Crippen LogP contribution in [0.25, 0.3) is 0 Å². The highest BCUT2D eigenvalue weighted by molar-refractivity contribution is 9.09. The molecule has 70 valence electrons. The summed E-state index contributed by atoms with van der Waals surface area (Å²) in [7, 11) is 0. The van der Waals surface area contributed by atoms with E-state index in [1.54, 1.807) is 5.57 Å². The zero-order chi connectivity index (χ0) is 8.81. The number of ether oxygens (including phenoxy) is 1. The standard InChI is InChI=1S/C10H17BrO/c1-9(3-2-6-11)10-4-7-12-8-5-10/h3,10H,2,4-8H2,1H3. The smallest absolute Gasteiger partial charge is 0.0471 e. The first-order valence-corrected chi connectivity index (χ1v) is 5.77. The molecule has 1 nitrogen and oxygen atoms in total. The minimum absolute atomic E-state index is 0.790. The Morgan fingerprint density at radius 2 is 2.17 bits per heavy atom. The molecule has 0 bridgehead atoms. The van der Waals surface area contributed by atoms with E-state index >= 15 is 0 Å². The van der Waals surface area contributed by atoms with Crippen molar-refractivity contribution in [2.24, 2.45) is 5.92 Å². The second-order valence-corrected chi connectivity index (χ2v) is 4.11. The average molecular weight is 233 g/mol. The van der Waals surface area contributed by atoms with Gasteiger partial charge in [0.05, 0.1) is 0 Å². The summed E-state index contributed by atoms with van der Waals surface area (Å²) in [5.74, 6) is 0.790. The van der Waals surface area contributed by atoms with Crippen LogP contribution in [-0.2, 0) is 4.74 Å². The Labute approximate surface area is 83.3 Å². The molecule has 1 heterocycles. The Kier molecular flexibility index (Phi) is 4.93. The van der Waals surface area contributed by atoms with Crippen LogP contribution in [0.3, 0.4) is 0 Å². The Bertz CT molecular complexity index is 148. The van der Waals surface area contributed by atoms with Crippen molar-refractivity contribution in [2.45, 2.75) is 26.2 Å². The van der Waals surface area contributed by atoms with Gasteiger partial charge in [0.15, 0.2) is 0 Å². The summed E-state index contributed by atoms with van der Waals surface area (Å²) in [6.07, 6.45) is 5.93. The van der Waals surface area contributed by atoms with E-state index in [2.05, 4.69) is 28.9 Å². The van der Waals surface area contributed by atoms with Gasteiger partial charge in [-0.15, -0.1) is 0 Å². The number of halogens is 1. The van der Waals surface area contributed by atoms with E-state index in [0.717, 1.165) is 30.9 Å². The predicted molar refractivity (Wildman–Crippen MR) is 55.7 cm³/mol. The third kappa shape index (κ3) is 3.28. The molecule has 1 aliphatic rings. The molecule has 0 spiro atoms. The molecule has 0 atom stereocenters. The van der Waals surface area contributed by atoms with Gasteiger partial charge in [-0.1, -0.05) is 27.6 Å². The number of hydrogen-bond acceptors (Lipinski definition) is 1. The van der Waals surface area contributed by atoms with Crippen LogP contribution in [0.2, 0.25) is 0 Å². The van der Waals surface area contributed by atoms with Crippen molar-refractivity contribution in [2.75, 3.05) is 18.5 Å². The van der Waals surface area contributed by atoms with E-state index < -0.39 is 0 Å². The lowest BCUT2D eigenvalue weighted by Gasteiger charge is -2.22. The van der Waals surface area contributed by atoms with Crippen LogP contribution >= 0.6 is 15.9 Å². The van der Waals surface area contributed by atoms with Gasteiger partial charge in [0.1, 0.15) is 0 Å². The molecule has 12 heavy (non-hydrogen) atoms. The van der Waals surface area contributed by atoms with Crippen molar-refractivity contribution in [3.8, 4) is 0 Å². The van der Waals surface area contributed by atoms with Crippen molar-refractivity contribution in [3.05, 3.63) is 11.6 Å². The van der Waals surface area contributed by atoms with Gasteiger partial charge < -0.3 is 4.74 Å². The molecule has 0 amide bonds. The molecule has 0 aromatic rings. The minimum atomic E-state index is 0.790. The second kappa shape index (κ2) is 5.76. The maximum atomic E-state index is 5.32. The SMILES string of the molecule is CC(=CCCBr)C1CCOCC1. The summed E-state index contributed by atoms with van der Waals surface area (Å²) in [6, 6.07) is 0. The number of rotatable bonds is 3.